The van der Waals surface area contributed by atoms with Crippen molar-refractivity contribution >= 4 is 11.7 Å². The van der Waals surface area contributed by atoms with E-state index in [-0.39, 0.29) is 24.2 Å². The van der Waals surface area contributed by atoms with Crippen LogP contribution in [0.2, 0.25) is 0 Å². The first-order valence-electron chi connectivity index (χ1n) is 5.81. The molecule has 1 amide bonds. The van der Waals surface area contributed by atoms with E-state index in [4.69, 9.17) is 0 Å². The van der Waals surface area contributed by atoms with Crippen molar-refractivity contribution in [3.8, 4) is 0 Å². The van der Waals surface area contributed by atoms with E-state index < -0.39 is 6.04 Å². The smallest absolute Gasteiger partial charge is 0.222 e. The minimum Gasteiger partial charge on any atom is -0.351 e. The van der Waals surface area contributed by atoms with E-state index in [1.807, 2.05) is 14.1 Å². The molecule has 0 aliphatic carbocycles. The lowest BCUT2D eigenvalue weighted by Crippen LogP contribution is -2.48. The van der Waals surface area contributed by atoms with Crippen molar-refractivity contribution in [2.45, 2.75) is 25.4 Å². The van der Waals surface area contributed by atoms with Crippen LogP contribution in [-0.2, 0) is 9.59 Å². The predicted octanol–water partition coefficient (Wildman–Crippen LogP) is -1.52. The topological polar surface area (TPSA) is 82.3 Å². The molecule has 4 N–H and O–H groups in total. The number of carbonyl (C=O) groups excluding carboxylic acids is 2. The van der Waals surface area contributed by atoms with Crippen LogP contribution in [0.4, 0.5) is 0 Å². The van der Waals surface area contributed by atoms with E-state index in [2.05, 4.69) is 21.3 Å². The summed E-state index contributed by atoms with van der Waals surface area (Å²) in [5.41, 5.74) is 0. The Balaban J connectivity index is 4.16. The van der Waals surface area contributed by atoms with Crippen LogP contribution in [0.15, 0.2) is 0 Å². The predicted molar refractivity (Wildman–Crippen MR) is 67.9 cm³/mol. The summed E-state index contributed by atoms with van der Waals surface area (Å²) in [7, 11) is 5.35. The van der Waals surface area contributed by atoms with Crippen molar-refractivity contribution in [3.63, 3.8) is 0 Å². The Kier molecular flexibility index (Phi) is 8.57. The lowest BCUT2D eigenvalue weighted by atomic mass is 10.1. The first-order chi connectivity index (χ1) is 8.04. The second-order valence-corrected chi connectivity index (χ2v) is 4.04. The Labute approximate surface area is 103 Å². The van der Waals surface area contributed by atoms with E-state index >= 15 is 0 Å². The molecule has 17 heavy (non-hydrogen) atoms. The maximum absolute atomic E-state index is 11.7. The Morgan fingerprint density at radius 1 is 1.06 bits per heavy atom. The third-order valence-electron chi connectivity index (χ3n) is 2.49. The van der Waals surface area contributed by atoms with E-state index in [0.29, 0.717) is 13.1 Å². The van der Waals surface area contributed by atoms with Gasteiger partial charge in [0.1, 0.15) is 5.78 Å². The summed E-state index contributed by atoms with van der Waals surface area (Å²) in [4.78, 5) is 22.9. The second-order valence-electron chi connectivity index (χ2n) is 4.04. The molecule has 0 radical (unpaired) electrons. The highest BCUT2D eigenvalue weighted by Gasteiger charge is 2.18. The zero-order valence-electron chi connectivity index (χ0n) is 11.1. The quantitative estimate of drug-likeness (QED) is 0.396. The number of nitrogens with one attached hydrogen (secondary N) is 4. The standard InChI is InChI=1S/C11H24N4O2/c1-8(16)10(14-4)5-11(17)15-9(6-12-2)7-13-3/h9-10,12-14H,5-7H2,1-4H3,(H,15,17). The second kappa shape index (κ2) is 9.09. The number of carbonyl (C=O) groups is 2. The largest absolute Gasteiger partial charge is 0.351 e. The Morgan fingerprint density at radius 3 is 1.94 bits per heavy atom. The number of hydrogen-bond donors (Lipinski definition) is 4. The first-order valence-corrected chi connectivity index (χ1v) is 5.81. The van der Waals surface area contributed by atoms with Crippen LogP contribution in [0.25, 0.3) is 0 Å². The zero-order chi connectivity index (χ0) is 13.3. The van der Waals surface area contributed by atoms with Crippen LogP contribution in [0.5, 0.6) is 0 Å². The Hall–Kier alpha value is -0.980. The molecule has 0 saturated carbocycles. The minimum absolute atomic E-state index is 0.0265. The number of amides is 1. The summed E-state index contributed by atoms with van der Waals surface area (Å²) in [5.74, 6) is -0.142. The normalized spacial score (nSPS) is 12.5. The van der Waals surface area contributed by atoms with Crippen molar-refractivity contribution in [2.24, 2.45) is 0 Å². The molecule has 0 aromatic rings. The lowest BCUT2D eigenvalue weighted by molar-refractivity contribution is -0.126. The van der Waals surface area contributed by atoms with Gasteiger partial charge in [-0.1, -0.05) is 0 Å². The molecule has 0 aliphatic heterocycles. The van der Waals surface area contributed by atoms with Crippen molar-refractivity contribution in [3.05, 3.63) is 0 Å². The average Bonchev–Trinajstić information content (AvgIpc) is 2.26. The van der Waals surface area contributed by atoms with Gasteiger partial charge in [0.25, 0.3) is 0 Å². The molecular weight excluding hydrogens is 220 g/mol. The van der Waals surface area contributed by atoms with E-state index in [9.17, 15) is 9.59 Å². The molecule has 1 unspecified atom stereocenters. The number of ketones is 1. The maximum atomic E-state index is 11.7. The summed E-state index contributed by atoms with van der Waals surface area (Å²) in [6.07, 6.45) is 0.176. The monoisotopic (exact) mass is 244 g/mol. The molecule has 0 rings (SSSR count). The van der Waals surface area contributed by atoms with Crippen LogP contribution >= 0.6 is 0 Å². The van der Waals surface area contributed by atoms with Gasteiger partial charge in [0.15, 0.2) is 0 Å². The third kappa shape index (κ3) is 7.04. The first kappa shape index (κ1) is 16.0. The van der Waals surface area contributed by atoms with Gasteiger partial charge in [-0.15, -0.1) is 0 Å². The van der Waals surface area contributed by atoms with Crippen molar-refractivity contribution in [1.29, 1.82) is 0 Å². The van der Waals surface area contributed by atoms with Gasteiger partial charge in [-0.3, -0.25) is 9.59 Å². The number of Topliss-reactive ketones (excluding diaryl/α,β-unsaturated/α-hetero) is 1. The maximum Gasteiger partial charge on any atom is 0.222 e. The van der Waals surface area contributed by atoms with Crippen LogP contribution in [0, 0.1) is 0 Å². The summed E-state index contributed by atoms with van der Waals surface area (Å²) >= 11 is 0. The Morgan fingerprint density at radius 2 is 1.59 bits per heavy atom. The van der Waals surface area contributed by atoms with Gasteiger partial charge in [-0.05, 0) is 28.1 Å². The molecule has 0 saturated heterocycles. The molecule has 0 heterocycles. The molecule has 0 bridgehead atoms. The van der Waals surface area contributed by atoms with E-state index in [0.717, 1.165) is 0 Å². The van der Waals surface area contributed by atoms with Gasteiger partial charge in [0.2, 0.25) is 5.91 Å². The summed E-state index contributed by atoms with van der Waals surface area (Å²) < 4.78 is 0. The fourth-order valence-electron chi connectivity index (χ4n) is 1.59. The highest BCUT2D eigenvalue weighted by atomic mass is 16.2. The summed E-state index contributed by atoms with van der Waals surface area (Å²) in [6.45, 7) is 2.86. The molecule has 0 aromatic heterocycles. The molecule has 1 atom stereocenters. The van der Waals surface area contributed by atoms with Gasteiger partial charge in [0.05, 0.1) is 12.1 Å². The average molecular weight is 244 g/mol. The van der Waals surface area contributed by atoms with Crippen LogP contribution in [0.1, 0.15) is 13.3 Å². The molecule has 100 valence electrons. The number of hydrogen-bond acceptors (Lipinski definition) is 5. The SMILES string of the molecule is CNCC(CNC)NC(=O)CC(NC)C(C)=O. The lowest BCUT2D eigenvalue weighted by Gasteiger charge is -2.19. The van der Waals surface area contributed by atoms with Crippen LogP contribution in [-0.4, -0.2) is 58.0 Å². The summed E-state index contributed by atoms with van der Waals surface area (Å²) in [5, 5.41) is 11.7. The molecule has 0 aliphatic rings. The number of rotatable bonds is 9. The van der Waals surface area contributed by atoms with Gasteiger partial charge in [0, 0.05) is 19.5 Å². The Bertz CT molecular complexity index is 240. The van der Waals surface area contributed by atoms with Crippen LogP contribution < -0.4 is 21.3 Å². The molecular formula is C11H24N4O2. The molecule has 6 heteroatoms. The molecule has 0 fully saturated rings. The van der Waals surface area contributed by atoms with Gasteiger partial charge >= 0.3 is 0 Å². The van der Waals surface area contributed by atoms with Gasteiger partial charge in [-0.25, -0.2) is 0 Å². The minimum atomic E-state index is -0.403. The molecule has 0 spiro atoms. The van der Waals surface area contributed by atoms with Gasteiger partial charge < -0.3 is 21.3 Å². The fraction of sp³-hybridized carbons (Fsp3) is 0.818. The van der Waals surface area contributed by atoms with E-state index in [1.165, 1.54) is 6.92 Å². The molecule has 0 aromatic carbocycles. The number of likely N-dealkylation sites (N-methyl/N-ethyl adjacent to an activating group) is 3. The zero-order valence-corrected chi connectivity index (χ0v) is 11.1. The fourth-order valence-corrected chi connectivity index (χ4v) is 1.59. The molecule has 6 nitrogen and oxygen atoms in total. The summed E-state index contributed by atoms with van der Waals surface area (Å²) in [6, 6.07) is -0.373. The highest BCUT2D eigenvalue weighted by Crippen LogP contribution is 1.94. The highest BCUT2D eigenvalue weighted by molar-refractivity contribution is 5.88. The van der Waals surface area contributed by atoms with Crippen molar-refractivity contribution < 1.29 is 9.59 Å². The van der Waals surface area contributed by atoms with Gasteiger partial charge in [-0.2, -0.15) is 0 Å². The third-order valence-corrected chi connectivity index (χ3v) is 2.49. The van der Waals surface area contributed by atoms with E-state index in [1.54, 1.807) is 7.05 Å². The van der Waals surface area contributed by atoms with Crippen molar-refractivity contribution in [1.82, 2.24) is 21.3 Å². The van der Waals surface area contributed by atoms with Crippen LogP contribution in [0.3, 0.4) is 0 Å². The van der Waals surface area contributed by atoms with Crippen molar-refractivity contribution in [2.75, 3.05) is 34.2 Å².